The summed E-state index contributed by atoms with van der Waals surface area (Å²) in [5, 5.41) is 10.1. The maximum absolute atomic E-state index is 13.6. The molecule has 0 aromatic rings. The Bertz CT molecular complexity index is 730. The number of hydrogen-bond acceptors (Lipinski definition) is 2. The highest BCUT2D eigenvalue weighted by molar-refractivity contribution is 5.73. The van der Waals surface area contributed by atoms with Crippen LogP contribution in [0.5, 0.6) is 0 Å². The molecule has 0 saturated heterocycles. The van der Waals surface area contributed by atoms with Crippen molar-refractivity contribution >= 4 is 5.97 Å². The minimum atomic E-state index is -8.67. The second-order valence-corrected chi connectivity index (χ2v) is 6.65. The van der Waals surface area contributed by atoms with Crippen molar-refractivity contribution in [1.82, 2.24) is 5.32 Å². The van der Waals surface area contributed by atoms with Gasteiger partial charge in [0.25, 0.3) is 0 Å². The van der Waals surface area contributed by atoms with Crippen LogP contribution >= 0.6 is 0 Å². The molecule has 0 amide bonds. The zero-order valence-corrected chi connectivity index (χ0v) is 16.0. The van der Waals surface area contributed by atoms with Crippen LogP contribution in [-0.2, 0) is 4.79 Å². The zero-order valence-electron chi connectivity index (χ0n) is 16.0. The van der Waals surface area contributed by atoms with Crippen LogP contribution in [0.15, 0.2) is 0 Å². The summed E-state index contributed by atoms with van der Waals surface area (Å²) in [7, 11) is 0. The molecule has 0 aliphatic carbocycles. The Hall–Kier alpha value is -1.76. The molecule has 0 saturated carbocycles. The molecule has 34 heavy (non-hydrogen) atoms. The van der Waals surface area contributed by atoms with Gasteiger partial charge in [-0.25, -0.2) is 0 Å². The Kier molecular flexibility index (Phi) is 8.56. The predicted octanol–water partition coefficient (Wildman–Crippen LogP) is 5.84. The normalized spacial score (nSPS) is 16.5. The Morgan fingerprint density at radius 1 is 0.647 bits per heavy atom. The Morgan fingerprint density at radius 3 is 1.26 bits per heavy atom. The second kappa shape index (κ2) is 9.03. The van der Waals surface area contributed by atoms with Crippen LogP contribution < -0.4 is 5.32 Å². The Labute approximate surface area is 177 Å². The van der Waals surface area contributed by atoms with E-state index < -0.39 is 79.0 Å². The molecule has 204 valence electrons. The van der Waals surface area contributed by atoms with Crippen molar-refractivity contribution in [3.05, 3.63) is 0 Å². The number of alkyl halides is 17. The highest BCUT2D eigenvalue weighted by atomic mass is 19.4. The fourth-order valence-electron chi connectivity index (χ4n) is 2.16. The van der Waals surface area contributed by atoms with Crippen molar-refractivity contribution < 1.29 is 84.5 Å². The molecule has 2 N–H and O–H groups in total. The summed E-state index contributed by atoms with van der Waals surface area (Å²) in [6.45, 7) is -0.625. The van der Waals surface area contributed by atoms with E-state index in [0.29, 0.717) is 0 Å². The molecular weight excluding hydrogens is 537 g/mol. The number of rotatable bonds is 12. The third-order valence-electron chi connectivity index (χ3n) is 4.32. The quantitative estimate of drug-likeness (QED) is 0.301. The first kappa shape index (κ1) is 32.2. The largest absolute Gasteiger partial charge is 0.480 e. The SMILES string of the molecule is CC[C@H](NCCC(F)(F)C(F)(F)C(F)(F)C(F)(F)C(F)(F)C(F)(F)C(F)(F)C(F)(F)F)C(=O)O. The van der Waals surface area contributed by atoms with Crippen molar-refractivity contribution in [2.75, 3.05) is 6.54 Å². The van der Waals surface area contributed by atoms with E-state index in [2.05, 4.69) is 0 Å². The van der Waals surface area contributed by atoms with Gasteiger partial charge < -0.3 is 10.4 Å². The lowest BCUT2D eigenvalue weighted by Crippen LogP contribution is -2.74. The highest BCUT2D eigenvalue weighted by Crippen LogP contribution is 2.64. The average Bonchev–Trinajstić information content (AvgIpc) is 2.62. The summed E-state index contributed by atoms with van der Waals surface area (Å²) in [6.07, 6.45) is -11.0. The molecule has 0 unspecified atom stereocenters. The standard InChI is InChI=1S/C14H12F17NO2/c1-2-5(6(33)34)32-4-3-7(15,16)8(17,18)9(19,20)10(21,22)11(23,24)12(25,26)13(27,28)14(29,30)31/h5,32H,2-4H2,1H3,(H,33,34)/t5-/m0/s1. The van der Waals surface area contributed by atoms with E-state index in [-0.39, 0.29) is 0 Å². The first-order valence-corrected chi connectivity index (χ1v) is 8.29. The third kappa shape index (κ3) is 4.69. The van der Waals surface area contributed by atoms with E-state index in [0.717, 1.165) is 6.92 Å². The molecule has 3 nitrogen and oxygen atoms in total. The number of carboxylic acids is 1. The first-order chi connectivity index (χ1) is 14.6. The summed E-state index contributed by atoms with van der Waals surface area (Å²) in [6, 6.07) is -1.79. The fourth-order valence-corrected chi connectivity index (χ4v) is 2.16. The summed E-state index contributed by atoms with van der Waals surface area (Å²) in [4.78, 5) is 10.6. The van der Waals surface area contributed by atoms with E-state index in [9.17, 15) is 79.4 Å². The number of carbonyl (C=O) groups is 1. The lowest BCUT2D eigenvalue weighted by Gasteiger charge is -2.42. The van der Waals surface area contributed by atoms with Gasteiger partial charge in [0.1, 0.15) is 6.04 Å². The van der Waals surface area contributed by atoms with Gasteiger partial charge in [-0.2, -0.15) is 74.6 Å². The van der Waals surface area contributed by atoms with Gasteiger partial charge in [0, 0.05) is 13.0 Å². The topological polar surface area (TPSA) is 49.3 Å². The van der Waals surface area contributed by atoms with Crippen molar-refractivity contribution in [3.8, 4) is 0 Å². The minimum Gasteiger partial charge on any atom is -0.480 e. The van der Waals surface area contributed by atoms with Crippen LogP contribution in [-0.4, -0.2) is 71.3 Å². The molecule has 0 bridgehead atoms. The Balaban J connectivity index is 6.32. The summed E-state index contributed by atoms with van der Waals surface area (Å²) < 4.78 is 222. The molecule has 0 heterocycles. The van der Waals surface area contributed by atoms with Crippen molar-refractivity contribution in [2.24, 2.45) is 0 Å². The van der Waals surface area contributed by atoms with Gasteiger partial charge in [-0.3, -0.25) is 4.79 Å². The van der Waals surface area contributed by atoms with Crippen molar-refractivity contribution in [3.63, 3.8) is 0 Å². The summed E-state index contributed by atoms with van der Waals surface area (Å²) in [5.41, 5.74) is 0. The minimum absolute atomic E-state index is 0.444. The van der Waals surface area contributed by atoms with Gasteiger partial charge in [-0.05, 0) is 6.42 Å². The monoisotopic (exact) mass is 549 g/mol. The molecule has 0 spiro atoms. The van der Waals surface area contributed by atoms with E-state index in [1.165, 1.54) is 0 Å². The third-order valence-corrected chi connectivity index (χ3v) is 4.32. The lowest BCUT2D eigenvalue weighted by molar-refractivity contribution is -0.461. The van der Waals surface area contributed by atoms with Crippen LogP contribution in [0, 0.1) is 0 Å². The Morgan fingerprint density at radius 2 is 0.971 bits per heavy atom. The van der Waals surface area contributed by atoms with Crippen LogP contribution in [0.4, 0.5) is 74.6 Å². The van der Waals surface area contributed by atoms with Crippen LogP contribution in [0.2, 0.25) is 0 Å². The maximum atomic E-state index is 13.6. The molecule has 0 aliphatic rings. The van der Waals surface area contributed by atoms with Crippen LogP contribution in [0.3, 0.4) is 0 Å². The number of aliphatic carboxylic acids is 1. The van der Waals surface area contributed by atoms with Crippen LogP contribution in [0.1, 0.15) is 19.8 Å². The van der Waals surface area contributed by atoms with Gasteiger partial charge in [-0.1, -0.05) is 6.92 Å². The zero-order chi connectivity index (χ0) is 28.0. The first-order valence-electron chi connectivity index (χ1n) is 8.29. The van der Waals surface area contributed by atoms with E-state index in [4.69, 9.17) is 5.11 Å². The highest BCUT2D eigenvalue weighted by Gasteiger charge is 2.95. The second-order valence-electron chi connectivity index (χ2n) is 6.65. The smallest absolute Gasteiger partial charge is 0.460 e. The molecule has 0 rings (SSSR count). The molecule has 0 fully saturated rings. The van der Waals surface area contributed by atoms with E-state index >= 15 is 0 Å². The van der Waals surface area contributed by atoms with E-state index in [1.807, 2.05) is 0 Å². The van der Waals surface area contributed by atoms with E-state index in [1.54, 1.807) is 5.32 Å². The van der Waals surface area contributed by atoms with Crippen molar-refractivity contribution in [2.45, 2.75) is 73.4 Å². The molecule has 0 radical (unpaired) electrons. The maximum Gasteiger partial charge on any atom is 0.460 e. The van der Waals surface area contributed by atoms with Crippen molar-refractivity contribution in [1.29, 1.82) is 0 Å². The molecule has 20 heteroatoms. The molecular formula is C14H12F17NO2. The average molecular weight is 549 g/mol. The van der Waals surface area contributed by atoms with Gasteiger partial charge >= 0.3 is 53.6 Å². The number of nitrogens with one attached hydrogen (secondary N) is 1. The molecule has 0 aliphatic heterocycles. The predicted molar refractivity (Wildman–Crippen MR) is 75.0 cm³/mol. The number of halogens is 17. The van der Waals surface area contributed by atoms with Gasteiger partial charge in [-0.15, -0.1) is 0 Å². The van der Waals surface area contributed by atoms with Crippen LogP contribution in [0.25, 0.3) is 0 Å². The number of hydrogen-bond donors (Lipinski definition) is 2. The van der Waals surface area contributed by atoms with Gasteiger partial charge in [0.2, 0.25) is 0 Å². The molecule has 0 aromatic heterocycles. The van der Waals surface area contributed by atoms with Gasteiger partial charge in [0.05, 0.1) is 0 Å². The summed E-state index contributed by atoms with van der Waals surface area (Å²) >= 11 is 0. The lowest BCUT2D eigenvalue weighted by atomic mass is 9.88. The summed E-state index contributed by atoms with van der Waals surface area (Å²) in [5.74, 6) is -58.5. The molecule has 1 atom stereocenters. The van der Waals surface area contributed by atoms with Gasteiger partial charge in [0.15, 0.2) is 0 Å². The number of carboxylic acid groups (broad SMARTS) is 1. The molecule has 0 aromatic carbocycles. The fraction of sp³-hybridized carbons (Fsp3) is 0.929.